The van der Waals surface area contributed by atoms with Gasteiger partial charge in [0.1, 0.15) is 4.60 Å². The molecule has 0 saturated heterocycles. The lowest BCUT2D eigenvalue weighted by molar-refractivity contribution is -0.137. The second kappa shape index (κ2) is 6.37. The Morgan fingerprint density at radius 3 is 2.30 bits per heavy atom. The number of hydrogen-bond acceptors (Lipinski definition) is 2. The molecule has 0 aliphatic carbocycles. The summed E-state index contributed by atoms with van der Waals surface area (Å²) in [5.41, 5.74) is 1.04. The summed E-state index contributed by atoms with van der Waals surface area (Å²) in [7, 11) is 0. The number of benzene rings is 1. The lowest BCUT2D eigenvalue weighted by Gasteiger charge is -2.08. The molecule has 0 fully saturated rings. The molecule has 6 heteroatoms. The van der Waals surface area contributed by atoms with Gasteiger partial charge in [-0.15, -0.1) is 0 Å². The highest BCUT2D eigenvalue weighted by molar-refractivity contribution is 9.10. The normalized spacial score (nSPS) is 11.6. The zero-order valence-electron chi connectivity index (χ0n) is 10.4. The van der Waals surface area contributed by atoms with Crippen molar-refractivity contribution >= 4 is 15.9 Å². The van der Waals surface area contributed by atoms with Crippen molar-refractivity contribution in [3.63, 3.8) is 0 Å². The molecular formula is C14H12BrF3N2. The van der Waals surface area contributed by atoms with E-state index in [1.807, 2.05) is 18.2 Å². The second-order valence-electron chi connectivity index (χ2n) is 4.25. The van der Waals surface area contributed by atoms with Gasteiger partial charge < -0.3 is 5.32 Å². The molecule has 0 aliphatic rings. The number of halogens is 4. The summed E-state index contributed by atoms with van der Waals surface area (Å²) in [6, 6.07) is 10.7. The van der Waals surface area contributed by atoms with Crippen LogP contribution in [0, 0.1) is 0 Å². The van der Waals surface area contributed by atoms with Crippen LogP contribution in [-0.4, -0.2) is 4.98 Å². The van der Waals surface area contributed by atoms with E-state index in [2.05, 4.69) is 26.2 Å². The van der Waals surface area contributed by atoms with Crippen LogP contribution >= 0.6 is 15.9 Å². The van der Waals surface area contributed by atoms with Gasteiger partial charge in [-0.25, -0.2) is 4.98 Å². The Morgan fingerprint density at radius 1 is 1.00 bits per heavy atom. The van der Waals surface area contributed by atoms with Gasteiger partial charge in [0.2, 0.25) is 0 Å². The molecule has 0 spiro atoms. The quantitative estimate of drug-likeness (QED) is 0.842. The van der Waals surface area contributed by atoms with Crippen LogP contribution in [0.5, 0.6) is 0 Å². The minimum Gasteiger partial charge on any atom is -0.307 e. The largest absolute Gasteiger partial charge is 0.416 e. The van der Waals surface area contributed by atoms with E-state index in [-0.39, 0.29) is 0 Å². The van der Waals surface area contributed by atoms with Crippen molar-refractivity contribution in [2.24, 2.45) is 0 Å². The van der Waals surface area contributed by atoms with Gasteiger partial charge in [-0.2, -0.15) is 13.2 Å². The highest BCUT2D eigenvalue weighted by atomic mass is 79.9. The molecule has 0 bridgehead atoms. The van der Waals surface area contributed by atoms with E-state index in [1.54, 1.807) is 0 Å². The van der Waals surface area contributed by atoms with Gasteiger partial charge in [-0.05, 0) is 45.8 Å². The SMILES string of the molecule is FC(F)(F)c1ccc(CNCc2cccc(Br)n2)cc1. The number of alkyl halides is 3. The van der Waals surface area contributed by atoms with Crippen molar-refractivity contribution in [2.45, 2.75) is 19.3 Å². The summed E-state index contributed by atoms with van der Waals surface area (Å²) in [6.07, 6.45) is -4.29. The Balaban J connectivity index is 1.88. The smallest absolute Gasteiger partial charge is 0.307 e. The predicted octanol–water partition coefficient (Wildman–Crippen LogP) is 4.15. The molecule has 1 heterocycles. The Hall–Kier alpha value is -1.40. The lowest BCUT2D eigenvalue weighted by atomic mass is 10.1. The molecule has 0 aliphatic heterocycles. The number of nitrogens with zero attached hydrogens (tertiary/aromatic N) is 1. The van der Waals surface area contributed by atoms with Crippen LogP contribution in [0.1, 0.15) is 16.8 Å². The van der Waals surface area contributed by atoms with Crippen LogP contribution in [0.3, 0.4) is 0 Å². The third-order valence-electron chi connectivity index (χ3n) is 2.69. The number of aromatic nitrogens is 1. The molecule has 2 nitrogen and oxygen atoms in total. The molecular weight excluding hydrogens is 333 g/mol. The van der Waals surface area contributed by atoms with Crippen molar-refractivity contribution < 1.29 is 13.2 Å². The first-order valence-electron chi connectivity index (χ1n) is 5.93. The third kappa shape index (κ3) is 4.31. The molecule has 106 valence electrons. The molecule has 2 rings (SSSR count). The zero-order valence-corrected chi connectivity index (χ0v) is 12.0. The van der Waals surface area contributed by atoms with Crippen molar-refractivity contribution in [2.75, 3.05) is 0 Å². The van der Waals surface area contributed by atoms with Gasteiger partial charge in [0.15, 0.2) is 0 Å². The summed E-state index contributed by atoms with van der Waals surface area (Å²) in [5, 5.41) is 3.14. The maximum Gasteiger partial charge on any atom is 0.416 e. The Labute approximate surface area is 123 Å². The summed E-state index contributed by atoms with van der Waals surface area (Å²) in [4.78, 5) is 4.26. The fraction of sp³-hybridized carbons (Fsp3) is 0.214. The van der Waals surface area contributed by atoms with E-state index >= 15 is 0 Å². The monoisotopic (exact) mass is 344 g/mol. The summed E-state index contributed by atoms with van der Waals surface area (Å²) in [5.74, 6) is 0. The van der Waals surface area contributed by atoms with Crippen LogP contribution in [0.4, 0.5) is 13.2 Å². The molecule has 1 aromatic heterocycles. The van der Waals surface area contributed by atoms with Crippen molar-refractivity contribution in [3.8, 4) is 0 Å². The van der Waals surface area contributed by atoms with Crippen molar-refractivity contribution in [1.29, 1.82) is 0 Å². The summed E-state index contributed by atoms with van der Waals surface area (Å²) in [6.45, 7) is 1.05. The Bertz CT molecular complexity index is 567. The van der Waals surface area contributed by atoms with E-state index in [9.17, 15) is 13.2 Å². The van der Waals surface area contributed by atoms with E-state index in [0.29, 0.717) is 13.1 Å². The fourth-order valence-electron chi connectivity index (χ4n) is 1.70. The molecule has 1 aromatic carbocycles. The third-order valence-corrected chi connectivity index (χ3v) is 3.13. The molecule has 20 heavy (non-hydrogen) atoms. The van der Waals surface area contributed by atoms with Gasteiger partial charge >= 0.3 is 6.18 Å². The van der Waals surface area contributed by atoms with E-state index < -0.39 is 11.7 Å². The standard InChI is InChI=1S/C14H12BrF3N2/c15-13-3-1-2-12(20-13)9-19-8-10-4-6-11(7-5-10)14(16,17)18/h1-7,19H,8-9H2. The number of nitrogens with one attached hydrogen (secondary N) is 1. The minimum absolute atomic E-state index is 0.492. The van der Waals surface area contributed by atoms with Crippen LogP contribution in [0.25, 0.3) is 0 Å². The van der Waals surface area contributed by atoms with Crippen molar-refractivity contribution in [3.05, 3.63) is 63.9 Å². The first-order valence-corrected chi connectivity index (χ1v) is 6.73. The molecule has 2 aromatic rings. The van der Waals surface area contributed by atoms with Crippen LogP contribution in [0.15, 0.2) is 47.1 Å². The van der Waals surface area contributed by atoms with Gasteiger partial charge in [0, 0.05) is 13.1 Å². The average molecular weight is 345 g/mol. The van der Waals surface area contributed by atoms with Crippen molar-refractivity contribution in [1.82, 2.24) is 10.3 Å². The molecule has 0 saturated carbocycles. The highest BCUT2D eigenvalue weighted by Crippen LogP contribution is 2.29. The first kappa shape index (κ1) is 15.0. The van der Waals surface area contributed by atoms with Crippen LogP contribution < -0.4 is 5.32 Å². The maximum absolute atomic E-state index is 12.4. The molecule has 0 radical (unpaired) electrons. The Morgan fingerprint density at radius 2 is 1.70 bits per heavy atom. The van der Waals surface area contributed by atoms with Crippen LogP contribution in [0.2, 0.25) is 0 Å². The van der Waals surface area contributed by atoms with Gasteiger partial charge in [-0.1, -0.05) is 18.2 Å². The topological polar surface area (TPSA) is 24.9 Å². The van der Waals surface area contributed by atoms with E-state index in [0.717, 1.165) is 28.0 Å². The number of hydrogen-bond donors (Lipinski definition) is 1. The molecule has 0 unspecified atom stereocenters. The minimum atomic E-state index is -4.29. The number of pyridine rings is 1. The lowest BCUT2D eigenvalue weighted by Crippen LogP contribution is -2.14. The highest BCUT2D eigenvalue weighted by Gasteiger charge is 2.29. The molecule has 1 N–H and O–H groups in total. The first-order chi connectivity index (χ1) is 9.45. The second-order valence-corrected chi connectivity index (χ2v) is 5.06. The molecule has 0 atom stereocenters. The number of rotatable bonds is 4. The fourth-order valence-corrected chi connectivity index (χ4v) is 2.08. The molecule has 0 amide bonds. The van der Waals surface area contributed by atoms with Crippen LogP contribution in [-0.2, 0) is 19.3 Å². The zero-order chi connectivity index (χ0) is 14.6. The summed E-state index contributed by atoms with van der Waals surface area (Å²) >= 11 is 3.28. The predicted molar refractivity (Wildman–Crippen MR) is 73.9 cm³/mol. The van der Waals surface area contributed by atoms with E-state index in [1.165, 1.54) is 12.1 Å². The maximum atomic E-state index is 12.4. The van der Waals surface area contributed by atoms with E-state index in [4.69, 9.17) is 0 Å². The Kier molecular flexibility index (Phi) is 4.77. The average Bonchev–Trinajstić information content (AvgIpc) is 2.38. The summed E-state index contributed by atoms with van der Waals surface area (Å²) < 4.78 is 38.0. The van der Waals surface area contributed by atoms with Gasteiger partial charge in [-0.3, -0.25) is 0 Å². The van der Waals surface area contributed by atoms with Gasteiger partial charge in [0.05, 0.1) is 11.3 Å². The van der Waals surface area contributed by atoms with Gasteiger partial charge in [0.25, 0.3) is 0 Å².